The minimum Gasteiger partial charge on any atom is -0.497 e. The van der Waals surface area contributed by atoms with Crippen molar-refractivity contribution >= 4 is 48.0 Å². The zero-order valence-corrected chi connectivity index (χ0v) is 30.7. The summed E-state index contributed by atoms with van der Waals surface area (Å²) in [6, 6.07) is 22.2. The van der Waals surface area contributed by atoms with Gasteiger partial charge in [-0.1, -0.05) is 49.5 Å². The Balaban J connectivity index is 1.29. The van der Waals surface area contributed by atoms with Gasteiger partial charge in [-0.25, -0.2) is 0 Å². The van der Waals surface area contributed by atoms with Crippen LogP contribution in [0.3, 0.4) is 0 Å². The second-order valence-electron chi connectivity index (χ2n) is 14.9. The lowest BCUT2D eigenvalue weighted by Gasteiger charge is -2.37. The van der Waals surface area contributed by atoms with E-state index in [2.05, 4.69) is 32.2 Å². The average Bonchev–Trinajstić information content (AvgIpc) is 3.55. The molecule has 0 saturated carbocycles. The third kappa shape index (κ3) is 5.75. The number of anilines is 3. The first-order chi connectivity index (χ1) is 24.1. The summed E-state index contributed by atoms with van der Waals surface area (Å²) in [6.07, 6.45) is 4.92. The minimum atomic E-state index is -2.33. The summed E-state index contributed by atoms with van der Waals surface area (Å²) in [5.74, 6) is 0.728. The van der Waals surface area contributed by atoms with Crippen LogP contribution in [0.4, 0.5) is 17.1 Å². The smallest absolute Gasteiger partial charge is 0.264 e. The normalized spacial score (nSPS) is 25.5. The molecule has 4 heterocycles. The monoisotopic (exact) mass is 695 g/mol. The van der Waals surface area contributed by atoms with Crippen molar-refractivity contribution in [1.29, 1.82) is 0 Å². The number of fused-ring (bicyclic) bond motifs is 2. The first kappa shape index (κ1) is 34.5. The third-order valence-electron chi connectivity index (χ3n) is 11.8. The first-order valence-electron chi connectivity index (χ1n) is 18.2. The Morgan fingerprint density at radius 3 is 2.08 bits per heavy atom. The van der Waals surface area contributed by atoms with Gasteiger partial charge in [0.25, 0.3) is 5.91 Å². The zero-order valence-electron chi connectivity index (χ0n) is 29.7. The fraction of sp³-hybridized carbons (Fsp3) is 0.475. The van der Waals surface area contributed by atoms with Crippen molar-refractivity contribution in [2.75, 3.05) is 41.5 Å². The first-order valence-corrected chi connectivity index (χ1v) is 21.3. The van der Waals surface area contributed by atoms with Gasteiger partial charge in [0.05, 0.1) is 33.5 Å². The van der Waals surface area contributed by atoms with Gasteiger partial charge in [-0.3, -0.25) is 14.4 Å². The molecule has 7 rings (SSSR count). The Hall–Kier alpha value is -3.99. The molecule has 1 N–H and O–H groups in total. The Morgan fingerprint density at radius 2 is 1.48 bits per heavy atom. The van der Waals surface area contributed by atoms with E-state index in [1.165, 1.54) is 5.19 Å². The second kappa shape index (κ2) is 13.6. The molecule has 1 spiro atoms. The number of nitrogens with zero attached hydrogens (tertiary/aromatic N) is 3. The number of methoxy groups -OCH3 is 1. The Morgan fingerprint density at radius 1 is 0.860 bits per heavy atom. The van der Waals surface area contributed by atoms with Crippen molar-refractivity contribution in [2.24, 2.45) is 5.92 Å². The third-order valence-corrected chi connectivity index (χ3v) is 16.1. The fourth-order valence-electron chi connectivity index (χ4n) is 9.15. The highest BCUT2D eigenvalue weighted by molar-refractivity contribution is 6.91. The maximum absolute atomic E-state index is 15.2. The van der Waals surface area contributed by atoms with Crippen LogP contribution >= 0.6 is 0 Å². The van der Waals surface area contributed by atoms with Crippen LogP contribution in [0.1, 0.15) is 63.0 Å². The van der Waals surface area contributed by atoms with E-state index in [1.807, 2.05) is 69.3 Å². The quantitative estimate of drug-likeness (QED) is 0.281. The molecule has 3 amide bonds. The maximum atomic E-state index is 15.2. The van der Waals surface area contributed by atoms with Crippen LogP contribution in [0.15, 0.2) is 66.7 Å². The molecule has 0 unspecified atom stereocenters. The molecular formula is C40H49N3O6Si. The lowest BCUT2D eigenvalue weighted by molar-refractivity contribution is -0.146. The van der Waals surface area contributed by atoms with E-state index in [9.17, 15) is 14.7 Å². The Labute approximate surface area is 296 Å². The molecule has 10 heteroatoms. The number of hydrogen-bond donors (Lipinski definition) is 1. The van der Waals surface area contributed by atoms with Gasteiger partial charge in [-0.2, -0.15) is 0 Å². The number of rotatable bonds is 9. The van der Waals surface area contributed by atoms with Crippen molar-refractivity contribution in [1.82, 2.24) is 0 Å². The van der Waals surface area contributed by atoms with Gasteiger partial charge in [-0.15, -0.1) is 0 Å². The number of carbonyl (C=O) groups excluding carboxylic acids is 3. The average molecular weight is 696 g/mol. The standard InChI is InChI=1S/C40H49N3O6Si/c1-27-38(50(3,4)32-18-16-31(48-2)17-19-32)35(21-24-44)49-40(27)33-25-30(42-23-8-6-10-37(42)46)15-20-34(33)43(39(40)47)26-28-11-13-29(14-12-28)41-22-7-5-9-36(41)45/h11-20,25,27,35,38,44H,5-10,21-24,26H2,1-4H3/t27-,35+,38-,40+/m1/s1. The summed E-state index contributed by atoms with van der Waals surface area (Å²) in [5.41, 5.74) is 2.96. The van der Waals surface area contributed by atoms with Crippen LogP contribution < -0.4 is 24.6 Å². The van der Waals surface area contributed by atoms with Crippen molar-refractivity contribution in [3.05, 3.63) is 77.9 Å². The van der Waals surface area contributed by atoms with Gasteiger partial charge in [0, 0.05) is 55.4 Å². The zero-order chi connectivity index (χ0) is 35.2. The van der Waals surface area contributed by atoms with E-state index in [0.717, 1.165) is 66.2 Å². The van der Waals surface area contributed by atoms with Gasteiger partial charge in [0.2, 0.25) is 11.8 Å². The van der Waals surface area contributed by atoms with E-state index >= 15 is 4.79 Å². The SMILES string of the molecule is COc1ccc([Si](C)(C)[C@H]2[C@H](CCO)O[C@@]3(C(=O)N(Cc4ccc(N5CCCCC5=O)cc4)c4ccc(N5CCCCC5=O)cc43)[C@@H]2C)cc1. The molecule has 4 aliphatic rings. The Bertz CT molecular complexity index is 1760. The summed E-state index contributed by atoms with van der Waals surface area (Å²) in [4.78, 5) is 46.4. The molecule has 4 atom stereocenters. The van der Waals surface area contributed by atoms with Crippen molar-refractivity contribution in [3.8, 4) is 5.75 Å². The van der Waals surface area contributed by atoms with E-state index in [1.54, 1.807) is 7.11 Å². The highest BCUT2D eigenvalue weighted by Gasteiger charge is 2.66. The molecule has 50 heavy (non-hydrogen) atoms. The molecular weight excluding hydrogens is 647 g/mol. The summed E-state index contributed by atoms with van der Waals surface area (Å²) in [6.45, 7) is 8.48. The van der Waals surface area contributed by atoms with Crippen molar-refractivity contribution in [3.63, 3.8) is 0 Å². The largest absolute Gasteiger partial charge is 0.497 e. The molecule has 9 nitrogen and oxygen atoms in total. The molecule has 0 aromatic heterocycles. The van der Waals surface area contributed by atoms with Crippen LogP contribution in [0.5, 0.6) is 5.75 Å². The predicted molar refractivity (Wildman–Crippen MR) is 198 cm³/mol. The second-order valence-corrected chi connectivity index (χ2v) is 19.6. The minimum absolute atomic E-state index is 0.0152. The van der Waals surface area contributed by atoms with Crippen LogP contribution in [0.25, 0.3) is 0 Å². The summed E-state index contributed by atoms with van der Waals surface area (Å²) < 4.78 is 12.6. The van der Waals surface area contributed by atoms with Gasteiger partial charge in [0.1, 0.15) is 5.75 Å². The topological polar surface area (TPSA) is 99.6 Å². The summed E-state index contributed by atoms with van der Waals surface area (Å²) >= 11 is 0. The van der Waals surface area contributed by atoms with Crippen LogP contribution in [0.2, 0.25) is 18.6 Å². The Kier molecular flexibility index (Phi) is 9.38. The summed E-state index contributed by atoms with van der Waals surface area (Å²) in [5, 5.41) is 11.5. The van der Waals surface area contributed by atoms with Gasteiger partial charge >= 0.3 is 0 Å². The van der Waals surface area contributed by atoms with Gasteiger partial charge in [0.15, 0.2) is 5.60 Å². The van der Waals surface area contributed by atoms with Gasteiger partial charge < -0.3 is 29.3 Å². The number of carbonyl (C=O) groups is 3. The number of piperidine rings is 2. The highest BCUT2D eigenvalue weighted by atomic mass is 28.3. The molecule has 0 bridgehead atoms. The lowest BCUT2D eigenvalue weighted by atomic mass is 9.82. The number of amides is 3. The van der Waals surface area contributed by atoms with E-state index < -0.39 is 13.7 Å². The number of aliphatic hydroxyl groups is 1. The van der Waals surface area contributed by atoms with Crippen LogP contribution in [0, 0.1) is 5.92 Å². The number of ether oxygens (including phenoxy) is 2. The molecule has 0 aliphatic carbocycles. The maximum Gasteiger partial charge on any atom is 0.264 e. The fourth-order valence-corrected chi connectivity index (χ4v) is 13.2. The van der Waals surface area contributed by atoms with E-state index in [0.29, 0.717) is 32.4 Å². The highest BCUT2D eigenvalue weighted by Crippen LogP contribution is 2.60. The van der Waals surface area contributed by atoms with E-state index in [-0.39, 0.29) is 41.9 Å². The number of aliphatic hydroxyl groups excluding tert-OH is 1. The van der Waals surface area contributed by atoms with Crippen LogP contribution in [-0.2, 0) is 31.3 Å². The molecule has 3 saturated heterocycles. The van der Waals surface area contributed by atoms with Crippen molar-refractivity contribution < 1.29 is 29.0 Å². The number of benzene rings is 3. The van der Waals surface area contributed by atoms with Gasteiger partial charge in [-0.05, 0) is 85.7 Å². The molecule has 3 fully saturated rings. The molecule has 4 aliphatic heterocycles. The lowest BCUT2D eigenvalue weighted by Crippen LogP contribution is -2.51. The van der Waals surface area contributed by atoms with Crippen LogP contribution in [-0.4, -0.2) is 63.8 Å². The van der Waals surface area contributed by atoms with Crippen molar-refractivity contribution in [2.45, 2.75) is 88.8 Å². The number of hydrogen-bond acceptors (Lipinski definition) is 6. The molecule has 264 valence electrons. The predicted octanol–water partition coefficient (Wildman–Crippen LogP) is 5.87. The molecule has 3 aromatic carbocycles. The molecule has 0 radical (unpaired) electrons. The summed E-state index contributed by atoms with van der Waals surface area (Å²) in [7, 11) is -0.668. The molecule has 3 aromatic rings. The van der Waals surface area contributed by atoms with E-state index in [4.69, 9.17) is 9.47 Å².